The summed E-state index contributed by atoms with van der Waals surface area (Å²) in [5, 5.41) is 17.2. The first-order valence-electron chi connectivity index (χ1n) is 12.9. The number of carbonyl (C=O) groups excluding carboxylic acids is 1. The number of aromatic nitrogens is 4. The van der Waals surface area contributed by atoms with Crippen molar-refractivity contribution in [3.63, 3.8) is 0 Å². The maximum absolute atomic E-state index is 12.5. The SMILES string of the molecule is CCCCCN1CCNCC1.O=C(Nc1cc(-c2cccc3[nH]ccc23)cc2[nH]ncc12)c1cscn1. The maximum atomic E-state index is 12.5. The van der Waals surface area contributed by atoms with Crippen molar-refractivity contribution in [3.05, 3.63) is 65.4 Å². The topological polar surface area (TPSA) is 102 Å². The Kier molecular flexibility index (Phi) is 8.25. The third kappa shape index (κ3) is 6.07. The van der Waals surface area contributed by atoms with Crippen LogP contribution in [-0.2, 0) is 0 Å². The number of piperazine rings is 1. The smallest absolute Gasteiger partial charge is 0.275 e. The van der Waals surface area contributed by atoms with Gasteiger partial charge in [0.2, 0.25) is 0 Å². The van der Waals surface area contributed by atoms with Crippen LogP contribution in [0.5, 0.6) is 0 Å². The standard InChI is InChI=1S/C19H13N5OS.C9H20N2/c25-19(18-9-26-10-21-18)23-16-6-11(7-17-14(16)8-22-24-17)12-2-1-3-15-13(12)4-5-20-15;1-2-3-4-7-11-8-5-10-6-9-11/h1-10,20H,(H,22,24)(H,23,25);10H,2-9H2,1H3. The minimum atomic E-state index is -0.231. The first kappa shape index (κ1) is 25.1. The summed E-state index contributed by atoms with van der Waals surface area (Å²) in [6.45, 7) is 8.46. The summed E-state index contributed by atoms with van der Waals surface area (Å²) in [7, 11) is 0. The molecule has 1 amide bonds. The Morgan fingerprint density at radius 1 is 1.11 bits per heavy atom. The molecule has 4 N–H and O–H groups in total. The van der Waals surface area contributed by atoms with Crippen molar-refractivity contribution < 1.29 is 4.79 Å². The summed E-state index contributed by atoms with van der Waals surface area (Å²) >= 11 is 1.39. The number of nitrogens with one attached hydrogen (secondary N) is 4. The van der Waals surface area contributed by atoms with Gasteiger partial charge in [-0.1, -0.05) is 31.9 Å². The van der Waals surface area contributed by atoms with E-state index in [1.807, 2.05) is 30.5 Å². The fourth-order valence-corrected chi connectivity index (χ4v) is 5.21. The largest absolute Gasteiger partial charge is 0.361 e. The van der Waals surface area contributed by atoms with Crippen LogP contribution >= 0.6 is 11.3 Å². The Balaban J connectivity index is 0.000000215. The lowest BCUT2D eigenvalue weighted by atomic mass is 9.99. The van der Waals surface area contributed by atoms with Gasteiger partial charge >= 0.3 is 0 Å². The molecule has 0 radical (unpaired) electrons. The molecule has 4 heterocycles. The van der Waals surface area contributed by atoms with Crippen LogP contribution in [-0.4, -0.2) is 63.7 Å². The van der Waals surface area contributed by atoms with Crippen LogP contribution in [0, 0.1) is 0 Å². The molecular formula is C28H33N7OS. The highest BCUT2D eigenvalue weighted by Gasteiger charge is 2.14. The van der Waals surface area contributed by atoms with Crippen LogP contribution in [0.3, 0.4) is 0 Å². The predicted octanol–water partition coefficient (Wildman–Crippen LogP) is 5.50. The minimum absolute atomic E-state index is 0.231. The molecule has 0 atom stereocenters. The van der Waals surface area contributed by atoms with Gasteiger partial charge in [0.1, 0.15) is 5.69 Å². The molecule has 192 valence electrons. The highest BCUT2D eigenvalue weighted by atomic mass is 32.1. The molecule has 6 rings (SSSR count). The minimum Gasteiger partial charge on any atom is -0.361 e. The van der Waals surface area contributed by atoms with E-state index < -0.39 is 0 Å². The third-order valence-electron chi connectivity index (χ3n) is 6.67. The number of hydrogen-bond donors (Lipinski definition) is 4. The van der Waals surface area contributed by atoms with E-state index in [9.17, 15) is 4.79 Å². The molecule has 8 nitrogen and oxygen atoms in total. The van der Waals surface area contributed by atoms with E-state index in [2.05, 4.69) is 54.8 Å². The van der Waals surface area contributed by atoms with Gasteiger partial charge in [0, 0.05) is 54.0 Å². The van der Waals surface area contributed by atoms with E-state index in [0.717, 1.165) is 32.9 Å². The molecule has 1 saturated heterocycles. The van der Waals surface area contributed by atoms with Crippen LogP contribution in [0.1, 0.15) is 36.7 Å². The van der Waals surface area contributed by atoms with Crippen molar-refractivity contribution in [3.8, 4) is 11.1 Å². The van der Waals surface area contributed by atoms with Gasteiger partial charge in [-0.3, -0.25) is 9.89 Å². The highest BCUT2D eigenvalue weighted by Crippen LogP contribution is 2.34. The molecule has 0 spiro atoms. The molecule has 0 aliphatic carbocycles. The molecule has 5 aromatic rings. The lowest BCUT2D eigenvalue weighted by Gasteiger charge is -2.26. The van der Waals surface area contributed by atoms with Crippen molar-refractivity contribution in [1.82, 2.24) is 30.4 Å². The van der Waals surface area contributed by atoms with Gasteiger partial charge in [0.25, 0.3) is 5.91 Å². The zero-order chi connectivity index (χ0) is 25.5. The molecule has 0 unspecified atom stereocenters. The Labute approximate surface area is 220 Å². The molecule has 37 heavy (non-hydrogen) atoms. The van der Waals surface area contributed by atoms with E-state index in [-0.39, 0.29) is 5.91 Å². The van der Waals surface area contributed by atoms with E-state index in [4.69, 9.17) is 0 Å². The number of amides is 1. The van der Waals surface area contributed by atoms with Crippen LogP contribution in [0.4, 0.5) is 5.69 Å². The lowest BCUT2D eigenvalue weighted by Crippen LogP contribution is -2.43. The Hall–Kier alpha value is -3.53. The maximum Gasteiger partial charge on any atom is 0.275 e. The third-order valence-corrected chi connectivity index (χ3v) is 7.25. The summed E-state index contributed by atoms with van der Waals surface area (Å²) < 4.78 is 0. The van der Waals surface area contributed by atoms with Crippen molar-refractivity contribution in [1.29, 1.82) is 0 Å². The number of thiazole rings is 1. The van der Waals surface area contributed by atoms with Crippen molar-refractivity contribution in [2.75, 3.05) is 38.0 Å². The summed E-state index contributed by atoms with van der Waals surface area (Å²) in [5.41, 5.74) is 6.78. The summed E-state index contributed by atoms with van der Waals surface area (Å²) in [5.74, 6) is -0.231. The molecule has 0 saturated carbocycles. The summed E-state index contributed by atoms with van der Waals surface area (Å²) in [6.07, 6.45) is 7.76. The van der Waals surface area contributed by atoms with Crippen molar-refractivity contribution in [2.24, 2.45) is 0 Å². The molecule has 1 aliphatic heterocycles. The molecule has 9 heteroatoms. The van der Waals surface area contributed by atoms with Crippen LogP contribution in [0.25, 0.3) is 32.9 Å². The van der Waals surface area contributed by atoms with Crippen molar-refractivity contribution >= 4 is 44.7 Å². The fraction of sp³-hybridized carbons (Fsp3) is 0.321. The van der Waals surface area contributed by atoms with Crippen LogP contribution < -0.4 is 10.6 Å². The number of nitrogens with zero attached hydrogens (tertiary/aromatic N) is 3. The number of benzene rings is 2. The first-order chi connectivity index (χ1) is 18.2. The number of aromatic amines is 2. The predicted molar refractivity (Wildman–Crippen MR) is 152 cm³/mol. The molecule has 3 aromatic heterocycles. The monoisotopic (exact) mass is 515 g/mol. The van der Waals surface area contributed by atoms with E-state index in [1.54, 1.807) is 17.1 Å². The van der Waals surface area contributed by atoms with Gasteiger partial charge in [0.05, 0.1) is 22.9 Å². The summed E-state index contributed by atoms with van der Waals surface area (Å²) in [4.78, 5) is 22.3. The summed E-state index contributed by atoms with van der Waals surface area (Å²) in [6, 6.07) is 12.2. The van der Waals surface area contributed by atoms with Gasteiger partial charge in [-0.05, 0) is 48.4 Å². The second-order valence-corrected chi connectivity index (χ2v) is 9.94. The number of carbonyl (C=O) groups is 1. The number of anilines is 1. The zero-order valence-corrected chi connectivity index (χ0v) is 21.9. The van der Waals surface area contributed by atoms with Gasteiger partial charge in [-0.25, -0.2) is 4.98 Å². The normalized spacial score (nSPS) is 14.0. The second kappa shape index (κ2) is 12.1. The average Bonchev–Trinajstić information content (AvgIpc) is 3.71. The molecule has 0 bridgehead atoms. The number of unbranched alkanes of at least 4 members (excludes halogenated alkanes) is 2. The number of hydrogen-bond acceptors (Lipinski definition) is 6. The fourth-order valence-electron chi connectivity index (χ4n) is 4.68. The van der Waals surface area contributed by atoms with Gasteiger partial charge in [-0.15, -0.1) is 11.3 Å². The van der Waals surface area contributed by atoms with Gasteiger partial charge < -0.3 is 20.5 Å². The highest BCUT2D eigenvalue weighted by molar-refractivity contribution is 7.07. The Morgan fingerprint density at radius 3 is 2.81 bits per heavy atom. The molecule has 2 aromatic carbocycles. The van der Waals surface area contributed by atoms with Crippen molar-refractivity contribution in [2.45, 2.75) is 26.2 Å². The Morgan fingerprint density at radius 2 is 2.00 bits per heavy atom. The second-order valence-electron chi connectivity index (χ2n) is 9.23. The van der Waals surface area contributed by atoms with Gasteiger partial charge in [0.15, 0.2) is 0 Å². The van der Waals surface area contributed by atoms with Crippen LogP contribution in [0.2, 0.25) is 0 Å². The zero-order valence-electron chi connectivity index (χ0n) is 21.1. The quantitative estimate of drug-likeness (QED) is 0.214. The Bertz CT molecular complexity index is 1430. The number of rotatable bonds is 7. The average molecular weight is 516 g/mol. The number of fused-ring (bicyclic) bond motifs is 2. The van der Waals surface area contributed by atoms with Crippen LogP contribution in [0.15, 0.2) is 59.7 Å². The lowest BCUT2D eigenvalue weighted by molar-refractivity contribution is 0.102. The van der Waals surface area contributed by atoms with E-state index >= 15 is 0 Å². The number of H-pyrrole nitrogens is 2. The first-order valence-corrected chi connectivity index (χ1v) is 13.8. The van der Waals surface area contributed by atoms with E-state index in [1.165, 1.54) is 63.3 Å². The van der Waals surface area contributed by atoms with Gasteiger partial charge in [-0.2, -0.15) is 5.10 Å². The molecule has 1 aliphatic rings. The molecule has 1 fully saturated rings. The van der Waals surface area contributed by atoms with E-state index in [0.29, 0.717) is 11.4 Å². The molecular weight excluding hydrogens is 482 g/mol.